The van der Waals surface area contributed by atoms with E-state index in [4.69, 9.17) is 10.5 Å². The molecule has 0 radical (unpaired) electrons. The molecule has 1 fully saturated rings. The SMILES string of the molecule is C=C(Nc1ccc(Oc2ccc(N=C(C)N)cn2)cc1)C1CC1(C)C. The Morgan fingerprint density at radius 3 is 2.48 bits per heavy atom. The van der Waals surface area contributed by atoms with Crippen molar-refractivity contribution in [1.29, 1.82) is 0 Å². The molecule has 25 heavy (non-hydrogen) atoms. The third-order valence-electron chi connectivity index (χ3n) is 4.34. The monoisotopic (exact) mass is 336 g/mol. The number of nitrogens with one attached hydrogen (secondary N) is 1. The number of pyridine rings is 1. The Morgan fingerprint density at radius 2 is 1.96 bits per heavy atom. The summed E-state index contributed by atoms with van der Waals surface area (Å²) in [5, 5.41) is 3.38. The number of nitrogens with two attached hydrogens (primary N) is 1. The largest absolute Gasteiger partial charge is 0.439 e. The third kappa shape index (κ3) is 4.38. The number of hydrogen-bond acceptors (Lipinski definition) is 4. The first-order valence-corrected chi connectivity index (χ1v) is 8.34. The van der Waals surface area contributed by atoms with Gasteiger partial charge in [0.25, 0.3) is 0 Å². The molecular weight excluding hydrogens is 312 g/mol. The maximum absolute atomic E-state index is 5.75. The van der Waals surface area contributed by atoms with Crippen LogP contribution in [-0.4, -0.2) is 10.8 Å². The molecule has 0 aliphatic heterocycles. The lowest BCUT2D eigenvalue weighted by Crippen LogP contribution is -2.03. The average Bonchev–Trinajstić information content (AvgIpc) is 3.19. The minimum absolute atomic E-state index is 0.372. The van der Waals surface area contributed by atoms with Crippen LogP contribution >= 0.6 is 0 Å². The number of nitrogens with zero attached hydrogens (tertiary/aromatic N) is 2. The number of amidine groups is 1. The van der Waals surface area contributed by atoms with E-state index in [2.05, 4.69) is 35.7 Å². The van der Waals surface area contributed by atoms with Crippen molar-refractivity contribution in [2.75, 3.05) is 5.32 Å². The Balaban J connectivity index is 1.59. The second-order valence-corrected chi connectivity index (χ2v) is 7.13. The highest BCUT2D eigenvalue weighted by Gasteiger charge is 2.47. The Labute approximate surface area is 148 Å². The molecule has 3 rings (SSSR count). The second-order valence-electron chi connectivity index (χ2n) is 7.13. The van der Waals surface area contributed by atoms with E-state index in [0.717, 1.165) is 17.1 Å². The summed E-state index contributed by atoms with van der Waals surface area (Å²) in [6.45, 7) is 10.4. The van der Waals surface area contributed by atoms with Gasteiger partial charge in [0, 0.05) is 23.4 Å². The number of hydrogen-bond donors (Lipinski definition) is 2. The lowest BCUT2D eigenvalue weighted by molar-refractivity contribution is 0.463. The zero-order chi connectivity index (χ0) is 18.0. The number of benzene rings is 1. The highest BCUT2D eigenvalue weighted by Crippen LogP contribution is 2.55. The van der Waals surface area contributed by atoms with Crippen LogP contribution in [-0.2, 0) is 0 Å². The fraction of sp³-hybridized carbons (Fsp3) is 0.300. The Bertz CT molecular complexity index is 787. The first-order chi connectivity index (χ1) is 11.8. The number of rotatable bonds is 6. The van der Waals surface area contributed by atoms with Gasteiger partial charge in [-0.3, -0.25) is 0 Å². The van der Waals surface area contributed by atoms with E-state index in [9.17, 15) is 0 Å². The van der Waals surface area contributed by atoms with Gasteiger partial charge in [-0.1, -0.05) is 20.4 Å². The van der Waals surface area contributed by atoms with Gasteiger partial charge in [0.2, 0.25) is 5.88 Å². The first-order valence-electron chi connectivity index (χ1n) is 8.34. The molecule has 3 N–H and O–H groups in total. The van der Waals surface area contributed by atoms with Gasteiger partial charge in [-0.15, -0.1) is 0 Å². The summed E-state index contributed by atoms with van der Waals surface area (Å²) in [7, 11) is 0. The van der Waals surface area contributed by atoms with Crippen LogP contribution in [0.3, 0.4) is 0 Å². The second kappa shape index (κ2) is 6.59. The minimum Gasteiger partial charge on any atom is -0.439 e. The van der Waals surface area contributed by atoms with Gasteiger partial charge in [0.15, 0.2) is 0 Å². The van der Waals surface area contributed by atoms with Crippen molar-refractivity contribution in [2.45, 2.75) is 27.2 Å². The Morgan fingerprint density at radius 1 is 1.28 bits per heavy atom. The molecule has 1 atom stereocenters. The number of aromatic nitrogens is 1. The molecule has 0 saturated heterocycles. The van der Waals surface area contributed by atoms with E-state index in [-0.39, 0.29) is 0 Å². The van der Waals surface area contributed by atoms with Gasteiger partial charge in [-0.25, -0.2) is 9.98 Å². The van der Waals surface area contributed by atoms with Crippen LogP contribution in [0.25, 0.3) is 0 Å². The Hall–Kier alpha value is -2.82. The molecule has 0 amide bonds. The smallest absolute Gasteiger partial charge is 0.219 e. The molecule has 2 aromatic rings. The summed E-state index contributed by atoms with van der Waals surface area (Å²) in [6, 6.07) is 11.4. The van der Waals surface area contributed by atoms with Crippen LogP contribution in [0, 0.1) is 11.3 Å². The van der Waals surface area contributed by atoms with Gasteiger partial charge in [-0.2, -0.15) is 0 Å². The molecule has 1 saturated carbocycles. The highest BCUT2D eigenvalue weighted by atomic mass is 16.5. The molecule has 5 heteroatoms. The van der Waals surface area contributed by atoms with E-state index < -0.39 is 0 Å². The van der Waals surface area contributed by atoms with Crippen molar-refractivity contribution in [3.63, 3.8) is 0 Å². The molecule has 5 nitrogen and oxygen atoms in total. The van der Waals surface area contributed by atoms with Gasteiger partial charge < -0.3 is 15.8 Å². The summed E-state index contributed by atoms with van der Waals surface area (Å²) in [4.78, 5) is 8.37. The number of anilines is 1. The zero-order valence-corrected chi connectivity index (χ0v) is 14.9. The van der Waals surface area contributed by atoms with Crippen LogP contribution in [0.2, 0.25) is 0 Å². The first kappa shape index (κ1) is 17.0. The van der Waals surface area contributed by atoms with E-state index in [1.165, 1.54) is 6.42 Å². The van der Waals surface area contributed by atoms with Crippen molar-refractivity contribution in [1.82, 2.24) is 4.98 Å². The Kier molecular flexibility index (Phi) is 4.49. The van der Waals surface area contributed by atoms with Gasteiger partial charge in [-0.05, 0) is 49.1 Å². The van der Waals surface area contributed by atoms with E-state index in [0.29, 0.717) is 28.7 Å². The lowest BCUT2D eigenvalue weighted by Gasteiger charge is -2.12. The number of aliphatic imine (C=N–C) groups is 1. The topological polar surface area (TPSA) is 72.5 Å². The van der Waals surface area contributed by atoms with Crippen LogP contribution in [0.1, 0.15) is 27.2 Å². The molecule has 1 aliphatic carbocycles. The average molecular weight is 336 g/mol. The molecule has 130 valence electrons. The molecule has 1 aromatic carbocycles. The predicted octanol–water partition coefficient (Wildman–Crippen LogP) is 4.85. The van der Waals surface area contributed by atoms with Crippen LogP contribution < -0.4 is 15.8 Å². The maximum Gasteiger partial charge on any atom is 0.219 e. The fourth-order valence-electron chi connectivity index (χ4n) is 2.76. The minimum atomic E-state index is 0.372. The van der Waals surface area contributed by atoms with Gasteiger partial charge in [0.05, 0.1) is 17.7 Å². The van der Waals surface area contributed by atoms with Crippen molar-refractivity contribution >= 4 is 17.2 Å². The van der Waals surface area contributed by atoms with Crippen LogP contribution in [0.5, 0.6) is 11.6 Å². The maximum atomic E-state index is 5.75. The molecular formula is C20H24N4O. The summed E-state index contributed by atoms with van der Waals surface area (Å²) in [5.74, 6) is 2.28. The van der Waals surface area contributed by atoms with Crippen LogP contribution in [0.15, 0.2) is 59.9 Å². The summed E-state index contributed by atoms with van der Waals surface area (Å²) < 4.78 is 5.75. The van der Waals surface area contributed by atoms with E-state index in [1.807, 2.05) is 30.3 Å². The van der Waals surface area contributed by atoms with Gasteiger partial charge >= 0.3 is 0 Å². The third-order valence-corrected chi connectivity index (χ3v) is 4.34. The standard InChI is InChI=1S/C20H24N4O/c1-13(18-11-20(18,3)4)23-15-5-8-17(9-6-15)25-19-10-7-16(12-22-19)24-14(2)21/h5-10,12,18,23H,1,11H2,2-4H3,(H2,21,24). The molecule has 0 bridgehead atoms. The predicted molar refractivity (Wildman–Crippen MR) is 102 cm³/mol. The molecule has 1 aliphatic rings. The van der Waals surface area contributed by atoms with Gasteiger partial charge in [0.1, 0.15) is 5.75 Å². The normalized spacial score (nSPS) is 18.5. The fourth-order valence-corrected chi connectivity index (χ4v) is 2.76. The van der Waals surface area contributed by atoms with Crippen molar-refractivity contribution in [2.24, 2.45) is 22.1 Å². The van der Waals surface area contributed by atoms with Crippen molar-refractivity contribution < 1.29 is 4.74 Å². The van der Waals surface area contributed by atoms with E-state index >= 15 is 0 Å². The summed E-state index contributed by atoms with van der Waals surface area (Å²) >= 11 is 0. The lowest BCUT2D eigenvalue weighted by atomic mass is 10.1. The zero-order valence-electron chi connectivity index (χ0n) is 14.9. The van der Waals surface area contributed by atoms with Crippen molar-refractivity contribution in [3.8, 4) is 11.6 Å². The van der Waals surface area contributed by atoms with Crippen molar-refractivity contribution in [3.05, 3.63) is 54.9 Å². The number of ether oxygens (including phenoxy) is 1. The molecule has 1 heterocycles. The van der Waals surface area contributed by atoms with Crippen LogP contribution in [0.4, 0.5) is 11.4 Å². The highest BCUT2D eigenvalue weighted by molar-refractivity contribution is 5.80. The summed E-state index contributed by atoms with van der Waals surface area (Å²) in [5.41, 5.74) is 8.71. The number of allylic oxidation sites excluding steroid dienone is 1. The quantitative estimate of drug-likeness (QED) is 0.584. The molecule has 0 spiro atoms. The molecule has 1 unspecified atom stereocenters. The van der Waals surface area contributed by atoms with E-state index in [1.54, 1.807) is 19.2 Å². The summed E-state index contributed by atoms with van der Waals surface area (Å²) in [6.07, 6.45) is 2.82. The molecule has 1 aromatic heterocycles.